The van der Waals surface area contributed by atoms with Crippen LogP contribution in [0.15, 0.2) is 88.9 Å². The van der Waals surface area contributed by atoms with E-state index in [1.807, 2.05) is 92.7 Å². The van der Waals surface area contributed by atoms with Crippen LogP contribution in [0.3, 0.4) is 0 Å². The predicted octanol–water partition coefficient (Wildman–Crippen LogP) is 6.36. The van der Waals surface area contributed by atoms with Crippen molar-refractivity contribution in [2.45, 2.75) is 61.6 Å². The molecule has 1 fully saturated rings. The van der Waals surface area contributed by atoms with Gasteiger partial charge in [-0.15, -0.1) is 16.9 Å². The highest BCUT2D eigenvalue weighted by Gasteiger charge is 2.33. The number of nitrogens with one attached hydrogen (secondary N) is 1. The lowest BCUT2D eigenvalue weighted by atomic mass is 9.83. The zero-order chi connectivity index (χ0) is 30.4. The van der Waals surface area contributed by atoms with Crippen molar-refractivity contribution in [3.05, 3.63) is 95.6 Å². The van der Waals surface area contributed by atoms with Gasteiger partial charge in [0.15, 0.2) is 6.61 Å². The normalized spacial score (nSPS) is 16.3. The van der Waals surface area contributed by atoms with E-state index >= 15 is 0 Å². The zero-order valence-electron chi connectivity index (χ0n) is 24.7. The van der Waals surface area contributed by atoms with E-state index in [9.17, 15) is 14.4 Å². The van der Waals surface area contributed by atoms with Crippen molar-refractivity contribution >= 4 is 41.1 Å². The average molecular weight is 600 g/mol. The molecule has 0 bridgehead atoms. The minimum atomic E-state index is -0.758. The number of thioether (sulfide) groups is 1. The molecule has 1 aliphatic heterocycles. The van der Waals surface area contributed by atoms with Crippen molar-refractivity contribution < 1.29 is 23.9 Å². The number of amides is 2. The van der Waals surface area contributed by atoms with Gasteiger partial charge in [-0.25, -0.2) is 5.01 Å². The number of rotatable bonds is 10. The Morgan fingerprint density at radius 3 is 2.47 bits per heavy atom. The molecule has 3 aromatic carbocycles. The molecule has 1 heterocycles. The number of ether oxygens (including phenoxy) is 2. The molecule has 1 aliphatic carbocycles. The monoisotopic (exact) mass is 599 g/mol. The van der Waals surface area contributed by atoms with Crippen LogP contribution < -0.4 is 5.32 Å². The fourth-order valence-electron chi connectivity index (χ4n) is 5.62. The molecule has 224 valence electrons. The summed E-state index contributed by atoms with van der Waals surface area (Å²) < 4.78 is 9.75. The predicted molar refractivity (Wildman–Crippen MR) is 168 cm³/mol. The van der Waals surface area contributed by atoms with E-state index in [1.165, 1.54) is 23.9 Å². The third-order valence-corrected chi connectivity index (χ3v) is 9.00. The number of hydrogen-bond acceptors (Lipinski definition) is 7. The Kier molecular flexibility index (Phi) is 9.50. The number of benzene rings is 3. The smallest absolute Gasteiger partial charge is 0.321 e. The van der Waals surface area contributed by atoms with E-state index in [-0.39, 0.29) is 36.2 Å². The Balaban J connectivity index is 1.31. The lowest BCUT2D eigenvalue weighted by Crippen LogP contribution is -2.36. The largest absolute Gasteiger partial charge is 0.468 e. The van der Waals surface area contributed by atoms with Crippen LogP contribution in [-0.2, 0) is 30.4 Å². The van der Waals surface area contributed by atoms with Gasteiger partial charge in [0.25, 0.3) is 5.91 Å². The van der Waals surface area contributed by atoms with Crippen molar-refractivity contribution in [2.75, 3.05) is 19.0 Å². The highest BCUT2D eigenvalue weighted by atomic mass is 32.2. The van der Waals surface area contributed by atoms with E-state index in [0.717, 1.165) is 47.3 Å². The summed E-state index contributed by atoms with van der Waals surface area (Å²) in [6.45, 7) is 3.89. The summed E-state index contributed by atoms with van der Waals surface area (Å²) in [6.07, 6.45) is 4.23. The second kappa shape index (κ2) is 13.5. The van der Waals surface area contributed by atoms with Crippen molar-refractivity contribution in [3.63, 3.8) is 0 Å². The summed E-state index contributed by atoms with van der Waals surface area (Å²) in [5.74, 6) is -0.186. The van der Waals surface area contributed by atoms with Gasteiger partial charge >= 0.3 is 5.97 Å². The van der Waals surface area contributed by atoms with Gasteiger partial charge in [-0.1, -0.05) is 61.4 Å². The molecule has 8 nitrogen and oxygen atoms in total. The van der Waals surface area contributed by atoms with Gasteiger partial charge in [0.1, 0.15) is 4.75 Å². The van der Waals surface area contributed by atoms with E-state index in [4.69, 9.17) is 9.47 Å². The second-order valence-corrected chi connectivity index (χ2v) is 13.1. The Morgan fingerprint density at radius 1 is 1.05 bits per heavy atom. The van der Waals surface area contributed by atoms with E-state index in [2.05, 4.69) is 10.4 Å². The fraction of sp³-hybridized carbons (Fsp3) is 0.353. The van der Waals surface area contributed by atoms with E-state index in [0.29, 0.717) is 18.1 Å². The third kappa shape index (κ3) is 7.46. The standard InChI is InChI=1S/C34H37N3O5S/c1-34(2,33(40)41-3)43-28-15-9-14-27(20-28)35-31(39)30(24-10-7-8-11-24)25-18-16-23(17-19-25)21-37-29(38)22-42-32(36-37)26-12-5-4-6-13-26/h4-6,9,12-20,24,30H,7-8,10-11,21-22H2,1-3H3,(H,35,39). The third-order valence-electron chi connectivity index (χ3n) is 7.83. The van der Waals surface area contributed by atoms with Crippen LogP contribution in [0.1, 0.15) is 62.1 Å². The first-order chi connectivity index (χ1) is 20.7. The van der Waals surface area contributed by atoms with Gasteiger partial charge in [-0.05, 0) is 74.1 Å². The molecule has 2 amide bonds. The van der Waals surface area contributed by atoms with Crippen LogP contribution in [0.5, 0.6) is 0 Å². The lowest BCUT2D eigenvalue weighted by Gasteiger charge is -2.25. The molecule has 2 aliphatic rings. The summed E-state index contributed by atoms with van der Waals surface area (Å²) in [7, 11) is 1.38. The molecule has 1 atom stereocenters. The van der Waals surface area contributed by atoms with E-state index < -0.39 is 4.75 Å². The minimum Gasteiger partial charge on any atom is -0.468 e. The molecule has 1 unspecified atom stereocenters. The first kappa shape index (κ1) is 30.4. The van der Waals surface area contributed by atoms with Crippen LogP contribution in [0.25, 0.3) is 0 Å². The van der Waals surface area contributed by atoms with Crippen molar-refractivity contribution in [2.24, 2.45) is 11.0 Å². The Morgan fingerprint density at radius 2 is 1.77 bits per heavy atom. The highest BCUT2D eigenvalue weighted by Crippen LogP contribution is 2.39. The molecule has 0 spiro atoms. The van der Waals surface area contributed by atoms with Gasteiger partial charge < -0.3 is 14.8 Å². The summed E-state index contributed by atoms with van der Waals surface area (Å²) in [5, 5.41) is 9.03. The summed E-state index contributed by atoms with van der Waals surface area (Å²) >= 11 is 1.39. The number of methoxy groups -OCH3 is 1. The minimum absolute atomic E-state index is 0.0468. The summed E-state index contributed by atoms with van der Waals surface area (Å²) in [5.41, 5.74) is 3.37. The van der Waals surface area contributed by atoms with Gasteiger partial charge in [0.05, 0.1) is 19.6 Å². The Labute approximate surface area is 256 Å². The molecule has 9 heteroatoms. The first-order valence-corrected chi connectivity index (χ1v) is 15.4. The number of carbonyl (C=O) groups excluding carboxylic acids is 3. The maximum atomic E-state index is 13.8. The SMILES string of the molecule is COC(=O)C(C)(C)Sc1cccc(NC(=O)C(c2ccc(CN3N=C(c4ccccc4)OCC3=O)cc2)C2CCCC2)c1. The molecule has 1 N–H and O–H groups in total. The van der Waals surface area contributed by atoms with Crippen molar-refractivity contribution in [1.29, 1.82) is 0 Å². The first-order valence-electron chi connectivity index (χ1n) is 14.6. The number of nitrogens with zero attached hydrogens (tertiary/aromatic N) is 2. The summed E-state index contributed by atoms with van der Waals surface area (Å²) in [6, 6.07) is 25.0. The molecule has 0 aromatic heterocycles. The van der Waals surface area contributed by atoms with Crippen LogP contribution in [-0.4, -0.2) is 47.2 Å². The second-order valence-electron chi connectivity index (χ2n) is 11.4. The van der Waals surface area contributed by atoms with Crippen LogP contribution in [0.4, 0.5) is 5.69 Å². The van der Waals surface area contributed by atoms with Crippen LogP contribution in [0, 0.1) is 5.92 Å². The maximum absolute atomic E-state index is 13.8. The van der Waals surface area contributed by atoms with Gasteiger partial charge in [-0.3, -0.25) is 14.4 Å². The topological polar surface area (TPSA) is 97.3 Å². The van der Waals surface area contributed by atoms with E-state index in [1.54, 1.807) is 0 Å². The zero-order valence-corrected chi connectivity index (χ0v) is 25.6. The number of anilines is 1. The molecular formula is C34H37N3O5S. The average Bonchev–Trinajstić information content (AvgIpc) is 3.53. The molecule has 43 heavy (non-hydrogen) atoms. The number of hydrogen-bond donors (Lipinski definition) is 1. The molecule has 3 aromatic rings. The fourth-order valence-corrected chi connectivity index (χ4v) is 6.70. The van der Waals surface area contributed by atoms with Crippen LogP contribution >= 0.6 is 11.8 Å². The van der Waals surface area contributed by atoms with Gasteiger partial charge in [0, 0.05) is 16.1 Å². The van der Waals surface area contributed by atoms with Crippen LogP contribution in [0.2, 0.25) is 0 Å². The molecule has 1 saturated carbocycles. The maximum Gasteiger partial charge on any atom is 0.321 e. The number of hydrazone groups is 1. The number of esters is 1. The van der Waals surface area contributed by atoms with Gasteiger partial charge in [0.2, 0.25) is 11.8 Å². The highest BCUT2D eigenvalue weighted by molar-refractivity contribution is 8.01. The molecule has 0 saturated heterocycles. The molecule has 0 radical (unpaired) electrons. The molecule has 5 rings (SSSR count). The Hall–Kier alpha value is -4.11. The lowest BCUT2D eigenvalue weighted by molar-refractivity contribution is -0.142. The number of carbonyl (C=O) groups is 3. The molecular weight excluding hydrogens is 562 g/mol. The van der Waals surface area contributed by atoms with Crippen molar-refractivity contribution in [1.82, 2.24) is 5.01 Å². The quantitative estimate of drug-likeness (QED) is 0.215. The van der Waals surface area contributed by atoms with Crippen molar-refractivity contribution in [3.8, 4) is 0 Å². The summed E-state index contributed by atoms with van der Waals surface area (Å²) in [4.78, 5) is 39.4. The Bertz CT molecular complexity index is 1480. The van der Waals surface area contributed by atoms with Gasteiger partial charge in [-0.2, -0.15) is 0 Å².